The van der Waals surface area contributed by atoms with Gasteiger partial charge in [-0.1, -0.05) is 0 Å². The highest BCUT2D eigenvalue weighted by Crippen LogP contribution is 2.25. The molecule has 0 aliphatic heterocycles. The van der Waals surface area contributed by atoms with Gasteiger partial charge in [0.2, 0.25) is 0 Å². The van der Waals surface area contributed by atoms with Gasteiger partial charge in [0.15, 0.2) is 0 Å². The second-order valence-electron chi connectivity index (χ2n) is 3.90. The van der Waals surface area contributed by atoms with Crippen LogP contribution in [0.3, 0.4) is 0 Å². The number of aliphatic hydroxyl groups excluding tert-OH is 1. The smallest absolute Gasteiger partial charge is 0.123 e. The molecule has 0 aliphatic rings. The third-order valence-corrected chi connectivity index (χ3v) is 2.53. The molecule has 0 aromatic heterocycles. The van der Waals surface area contributed by atoms with Crippen molar-refractivity contribution in [2.45, 2.75) is 6.92 Å². The quantitative estimate of drug-likeness (QED) is 0.680. The van der Waals surface area contributed by atoms with Crippen molar-refractivity contribution < 1.29 is 14.6 Å². The molecule has 102 valence electrons. The fourth-order valence-corrected chi connectivity index (χ4v) is 1.73. The van der Waals surface area contributed by atoms with Gasteiger partial charge >= 0.3 is 0 Å². The minimum atomic E-state index is 0.0858. The maximum atomic E-state index is 9.09. The zero-order valence-electron chi connectivity index (χ0n) is 11.1. The highest BCUT2D eigenvalue weighted by atomic mass is 16.5. The van der Waals surface area contributed by atoms with Crippen LogP contribution in [0.1, 0.15) is 6.92 Å². The van der Waals surface area contributed by atoms with Crippen molar-refractivity contribution in [3.8, 4) is 5.75 Å². The average Bonchev–Trinajstić information content (AvgIpc) is 2.34. The Hall–Kier alpha value is -1.46. The second kappa shape index (κ2) is 7.79. The fraction of sp³-hybridized carbons (Fsp3) is 0.538. The molecule has 0 unspecified atom stereocenters. The number of nitrogen functional groups attached to an aromatic ring is 1. The van der Waals surface area contributed by atoms with Crippen LogP contribution in [0, 0.1) is 0 Å². The van der Waals surface area contributed by atoms with Crippen molar-refractivity contribution in [3.05, 3.63) is 18.2 Å². The lowest BCUT2D eigenvalue weighted by atomic mass is 10.2. The van der Waals surface area contributed by atoms with E-state index in [9.17, 15) is 0 Å². The maximum absolute atomic E-state index is 9.09. The summed E-state index contributed by atoms with van der Waals surface area (Å²) in [6, 6.07) is 5.58. The minimum Gasteiger partial charge on any atom is -0.494 e. The van der Waals surface area contributed by atoms with Crippen LogP contribution in [0.5, 0.6) is 5.75 Å². The number of hydrogen-bond acceptors (Lipinski definition) is 5. The maximum Gasteiger partial charge on any atom is 0.123 e. The van der Waals surface area contributed by atoms with Gasteiger partial charge in [0.25, 0.3) is 0 Å². The molecular formula is C13H22N2O3. The van der Waals surface area contributed by atoms with Gasteiger partial charge in [0, 0.05) is 43.7 Å². The number of anilines is 2. The van der Waals surface area contributed by atoms with Crippen LogP contribution >= 0.6 is 0 Å². The van der Waals surface area contributed by atoms with Crippen molar-refractivity contribution in [3.63, 3.8) is 0 Å². The van der Waals surface area contributed by atoms with E-state index < -0.39 is 0 Å². The summed E-state index contributed by atoms with van der Waals surface area (Å²) in [5.41, 5.74) is 7.44. The summed E-state index contributed by atoms with van der Waals surface area (Å²) < 4.78 is 10.5. The van der Waals surface area contributed by atoms with Gasteiger partial charge in [-0.05, 0) is 13.0 Å². The molecule has 3 N–H and O–H groups in total. The summed E-state index contributed by atoms with van der Waals surface area (Å²) >= 11 is 0. The van der Waals surface area contributed by atoms with E-state index in [4.69, 9.17) is 20.3 Å². The third-order valence-electron chi connectivity index (χ3n) is 2.53. The number of benzene rings is 1. The summed E-state index contributed by atoms with van der Waals surface area (Å²) in [7, 11) is 1.65. The Morgan fingerprint density at radius 1 is 1.28 bits per heavy atom. The van der Waals surface area contributed by atoms with Gasteiger partial charge < -0.3 is 25.2 Å². The molecule has 1 aromatic carbocycles. The number of methoxy groups -OCH3 is 1. The second-order valence-corrected chi connectivity index (χ2v) is 3.90. The van der Waals surface area contributed by atoms with Crippen LogP contribution in [0.2, 0.25) is 0 Å². The summed E-state index contributed by atoms with van der Waals surface area (Å²) in [5, 5.41) is 9.09. The molecule has 0 saturated heterocycles. The number of rotatable bonds is 8. The molecule has 0 spiro atoms. The summed E-state index contributed by atoms with van der Waals surface area (Å²) in [6.07, 6.45) is 0. The first kappa shape index (κ1) is 14.6. The molecule has 18 heavy (non-hydrogen) atoms. The number of hydrogen-bond donors (Lipinski definition) is 2. The average molecular weight is 254 g/mol. The fourth-order valence-electron chi connectivity index (χ4n) is 1.73. The zero-order valence-corrected chi connectivity index (χ0v) is 11.1. The first-order valence-electron chi connectivity index (χ1n) is 6.09. The number of nitrogens with two attached hydrogens (primary N) is 1. The van der Waals surface area contributed by atoms with Crippen molar-refractivity contribution in [1.82, 2.24) is 0 Å². The van der Waals surface area contributed by atoms with Gasteiger partial charge in [0.1, 0.15) is 5.75 Å². The molecule has 0 atom stereocenters. The topological polar surface area (TPSA) is 68.0 Å². The van der Waals surface area contributed by atoms with Crippen LogP contribution in [-0.4, -0.2) is 45.1 Å². The molecule has 0 bridgehead atoms. The highest BCUT2D eigenvalue weighted by Gasteiger charge is 2.08. The van der Waals surface area contributed by atoms with Crippen LogP contribution in [0.4, 0.5) is 11.4 Å². The summed E-state index contributed by atoms with van der Waals surface area (Å²) in [5.74, 6) is 0.743. The monoisotopic (exact) mass is 254 g/mol. The van der Waals surface area contributed by atoms with E-state index in [1.165, 1.54) is 0 Å². The van der Waals surface area contributed by atoms with Crippen LogP contribution in [0.15, 0.2) is 18.2 Å². The van der Waals surface area contributed by atoms with Gasteiger partial charge in [-0.2, -0.15) is 0 Å². The molecule has 0 amide bonds. The molecule has 0 heterocycles. The standard InChI is InChI=1S/C13H22N2O3/c1-3-18-13-9-11(14)8-12(10-13)15(4-6-16)5-7-17-2/h8-10,16H,3-7,14H2,1-2H3. The molecule has 5 heteroatoms. The molecule has 0 aliphatic carbocycles. The van der Waals surface area contributed by atoms with Crippen molar-refractivity contribution in [2.75, 3.05) is 50.7 Å². The molecular weight excluding hydrogens is 232 g/mol. The molecule has 0 radical (unpaired) electrons. The van der Waals surface area contributed by atoms with E-state index in [1.54, 1.807) is 13.2 Å². The summed E-state index contributed by atoms with van der Waals surface area (Å²) in [6.45, 7) is 4.45. The normalized spacial score (nSPS) is 10.4. The summed E-state index contributed by atoms with van der Waals surface area (Å²) in [4.78, 5) is 2.02. The van der Waals surface area contributed by atoms with Crippen LogP contribution < -0.4 is 15.4 Å². The lowest BCUT2D eigenvalue weighted by Crippen LogP contribution is -2.30. The lowest BCUT2D eigenvalue weighted by molar-refractivity contribution is 0.203. The number of ether oxygens (including phenoxy) is 2. The van der Waals surface area contributed by atoms with Crippen LogP contribution in [0.25, 0.3) is 0 Å². The molecule has 0 saturated carbocycles. The molecule has 1 aromatic rings. The van der Waals surface area contributed by atoms with E-state index in [0.717, 1.165) is 11.4 Å². The van der Waals surface area contributed by atoms with E-state index in [1.807, 2.05) is 24.0 Å². The Bertz CT molecular complexity index is 358. The molecule has 5 nitrogen and oxygen atoms in total. The molecule has 0 fully saturated rings. The highest BCUT2D eigenvalue weighted by molar-refractivity contribution is 5.60. The van der Waals surface area contributed by atoms with Crippen molar-refractivity contribution in [2.24, 2.45) is 0 Å². The minimum absolute atomic E-state index is 0.0858. The zero-order chi connectivity index (χ0) is 13.4. The predicted molar refractivity (Wildman–Crippen MR) is 73.2 cm³/mol. The third kappa shape index (κ3) is 4.43. The van der Waals surface area contributed by atoms with Gasteiger partial charge in [-0.25, -0.2) is 0 Å². The lowest BCUT2D eigenvalue weighted by Gasteiger charge is -2.24. The Balaban J connectivity index is 2.87. The van der Waals surface area contributed by atoms with Crippen LogP contribution in [-0.2, 0) is 4.74 Å². The SMILES string of the molecule is CCOc1cc(N)cc(N(CCO)CCOC)c1. The van der Waals surface area contributed by atoms with E-state index in [-0.39, 0.29) is 6.61 Å². The van der Waals surface area contributed by atoms with E-state index in [0.29, 0.717) is 32.0 Å². The van der Waals surface area contributed by atoms with E-state index >= 15 is 0 Å². The van der Waals surface area contributed by atoms with Crippen molar-refractivity contribution in [1.29, 1.82) is 0 Å². The number of aliphatic hydroxyl groups is 1. The Labute approximate surface area is 108 Å². The first-order chi connectivity index (χ1) is 8.71. The van der Waals surface area contributed by atoms with Gasteiger partial charge in [-0.15, -0.1) is 0 Å². The van der Waals surface area contributed by atoms with Gasteiger partial charge in [0.05, 0.1) is 19.8 Å². The number of nitrogens with zero attached hydrogens (tertiary/aromatic N) is 1. The largest absolute Gasteiger partial charge is 0.494 e. The van der Waals surface area contributed by atoms with Crippen molar-refractivity contribution >= 4 is 11.4 Å². The first-order valence-corrected chi connectivity index (χ1v) is 6.09. The van der Waals surface area contributed by atoms with E-state index in [2.05, 4.69) is 0 Å². The Morgan fingerprint density at radius 2 is 2.06 bits per heavy atom. The predicted octanol–water partition coefficient (Wildman–Crippen LogP) is 1.11. The van der Waals surface area contributed by atoms with Gasteiger partial charge in [-0.3, -0.25) is 0 Å². The molecule has 1 rings (SSSR count). The Morgan fingerprint density at radius 3 is 2.67 bits per heavy atom. The Kier molecular flexibility index (Phi) is 6.32.